The molecule has 1 fully saturated rings. The predicted molar refractivity (Wildman–Crippen MR) is 118 cm³/mol. The Hall–Kier alpha value is -1.62. The maximum atomic E-state index is 12.8. The van der Waals surface area contributed by atoms with Gasteiger partial charge in [-0.1, -0.05) is 36.4 Å². The SMILES string of the molecule is CNC1CCC(NCC2(C(C)=O)CC(c3ccccc3)=CC=C2OC)CC1.Cl. The van der Waals surface area contributed by atoms with Crippen molar-refractivity contribution < 1.29 is 9.53 Å². The molecule has 0 spiro atoms. The summed E-state index contributed by atoms with van der Waals surface area (Å²) in [6.07, 6.45) is 9.40. The summed E-state index contributed by atoms with van der Waals surface area (Å²) in [5.74, 6) is 0.930. The van der Waals surface area contributed by atoms with E-state index in [1.165, 1.54) is 24.0 Å². The Bertz CT molecular complexity index is 709. The van der Waals surface area contributed by atoms with Gasteiger partial charge in [-0.25, -0.2) is 0 Å². The number of ether oxygens (including phenoxy) is 1. The summed E-state index contributed by atoms with van der Waals surface area (Å²) in [4.78, 5) is 12.8. The molecule has 1 aromatic carbocycles. The van der Waals surface area contributed by atoms with Gasteiger partial charge >= 0.3 is 0 Å². The van der Waals surface area contributed by atoms with Gasteiger partial charge in [0.1, 0.15) is 17.0 Å². The van der Waals surface area contributed by atoms with Crippen LogP contribution in [0.2, 0.25) is 0 Å². The highest BCUT2D eigenvalue weighted by molar-refractivity contribution is 5.89. The molecule has 1 saturated carbocycles. The number of Topliss-reactive ketones (excluding diaryl/α,β-unsaturated/α-hetero) is 1. The number of methoxy groups -OCH3 is 1. The number of allylic oxidation sites excluding steroid dienone is 3. The number of carbonyl (C=O) groups excluding carboxylic acids is 1. The number of halogens is 1. The average molecular weight is 405 g/mol. The Kier molecular flexibility index (Phi) is 8.29. The molecule has 2 aliphatic carbocycles. The molecule has 2 aliphatic rings. The quantitative estimate of drug-likeness (QED) is 0.717. The van der Waals surface area contributed by atoms with E-state index in [1.54, 1.807) is 14.0 Å². The first-order chi connectivity index (χ1) is 13.1. The van der Waals surface area contributed by atoms with Gasteiger partial charge in [0.2, 0.25) is 0 Å². The molecular weight excluding hydrogens is 372 g/mol. The lowest BCUT2D eigenvalue weighted by Gasteiger charge is -2.38. The summed E-state index contributed by atoms with van der Waals surface area (Å²) >= 11 is 0. The third-order valence-electron chi connectivity index (χ3n) is 6.27. The summed E-state index contributed by atoms with van der Waals surface area (Å²) < 4.78 is 5.67. The second kappa shape index (κ2) is 10.2. The molecule has 0 amide bonds. The second-order valence-corrected chi connectivity index (χ2v) is 7.83. The van der Waals surface area contributed by atoms with Crippen molar-refractivity contribution in [2.75, 3.05) is 20.7 Å². The number of ketones is 1. The Labute approximate surface area is 175 Å². The van der Waals surface area contributed by atoms with Crippen LogP contribution >= 0.6 is 12.4 Å². The minimum atomic E-state index is -0.630. The monoisotopic (exact) mass is 404 g/mol. The summed E-state index contributed by atoms with van der Waals surface area (Å²) in [6, 6.07) is 11.4. The van der Waals surface area contributed by atoms with Crippen LogP contribution in [0.3, 0.4) is 0 Å². The lowest BCUT2D eigenvalue weighted by molar-refractivity contribution is -0.126. The average Bonchev–Trinajstić information content (AvgIpc) is 2.72. The van der Waals surface area contributed by atoms with E-state index >= 15 is 0 Å². The van der Waals surface area contributed by atoms with Crippen molar-refractivity contribution in [3.63, 3.8) is 0 Å². The Morgan fingerprint density at radius 2 is 1.75 bits per heavy atom. The number of benzene rings is 1. The minimum Gasteiger partial charge on any atom is -0.500 e. The van der Waals surface area contributed by atoms with Gasteiger partial charge < -0.3 is 15.4 Å². The van der Waals surface area contributed by atoms with E-state index in [0.29, 0.717) is 25.0 Å². The molecular formula is C23H33ClN2O2. The van der Waals surface area contributed by atoms with Gasteiger partial charge in [-0.3, -0.25) is 4.79 Å². The van der Waals surface area contributed by atoms with Crippen LogP contribution in [0.15, 0.2) is 48.2 Å². The third kappa shape index (κ3) is 4.86. The molecule has 4 nitrogen and oxygen atoms in total. The fraction of sp³-hybridized carbons (Fsp3) is 0.522. The van der Waals surface area contributed by atoms with Crippen LogP contribution < -0.4 is 10.6 Å². The summed E-state index contributed by atoms with van der Waals surface area (Å²) in [6.45, 7) is 2.32. The topological polar surface area (TPSA) is 50.4 Å². The normalized spacial score (nSPS) is 27.2. The number of carbonyl (C=O) groups is 1. The molecule has 0 aliphatic heterocycles. The highest BCUT2D eigenvalue weighted by Gasteiger charge is 2.43. The van der Waals surface area contributed by atoms with Crippen LogP contribution in [0, 0.1) is 5.41 Å². The van der Waals surface area contributed by atoms with Crippen molar-refractivity contribution in [2.24, 2.45) is 5.41 Å². The summed E-state index contributed by atoms with van der Waals surface area (Å²) in [7, 11) is 3.71. The van der Waals surface area contributed by atoms with Crippen LogP contribution in [0.5, 0.6) is 0 Å². The molecule has 0 aromatic heterocycles. The Balaban J connectivity index is 0.00000280. The van der Waals surface area contributed by atoms with Crippen LogP contribution in [-0.2, 0) is 9.53 Å². The van der Waals surface area contributed by atoms with Crippen molar-refractivity contribution in [3.8, 4) is 0 Å². The predicted octanol–water partition coefficient (Wildman–Crippen LogP) is 4.12. The Morgan fingerprint density at radius 3 is 2.32 bits per heavy atom. The largest absolute Gasteiger partial charge is 0.500 e. The fourth-order valence-electron chi connectivity index (χ4n) is 4.40. The molecule has 154 valence electrons. The fourth-order valence-corrected chi connectivity index (χ4v) is 4.40. The maximum absolute atomic E-state index is 12.8. The number of hydrogen-bond acceptors (Lipinski definition) is 4. The van der Waals surface area contributed by atoms with Gasteiger partial charge in [-0.2, -0.15) is 0 Å². The van der Waals surface area contributed by atoms with Crippen molar-refractivity contribution in [3.05, 3.63) is 53.8 Å². The van der Waals surface area contributed by atoms with E-state index in [9.17, 15) is 4.79 Å². The van der Waals surface area contributed by atoms with Crippen molar-refractivity contribution in [1.29, 1.82) is 0 Å². The smallest absolute Gasteiger partial charge is 0.145 e. The standard InChI is InChI=1S/C23H32N2O2.ClH/c1-17(26)23(16-25-21-12-10-20(24-2)11-13-21)15-19(9-14-22(23)27-3)18-7-5-4-6-8-18;/h4-9,14,20-21,24-25H,10-13,15-16H2,1-3H3;1H. The third-order valence-corrected chi connectivity index (χ3v) is 6.27. The molecule has 0 heterocycles. The van der Waals surface area contributed by atoms with Gasteiger partial charge in [-0.15, -0.1) is 12.4 Å². The maximum Gasteiger partial charge on any atom is 0.145 e. The first-order valence-corrected chi connectivity index (χ1v) is 10.0. The van der Waals surface area contributed by atoms with E-state index in [-0.39, 0.29) is 18.2 Å². The van der Waals surface area contributed by atoms with Gasteiger partial charge in [0.05, 0.1) is 7.11 Å². The van der Waals surface area contributed by atoms with Gasteiger partial charge in [-0.05, 0) is 63.3 Å². The number of hydrogen-bond donors (Lipinski definition) is 2. The van der Waals surface area contributed by atoms with E-state index in [1.807, 2.05) is 31.3 Å². The van der Waals surface area contributed by atoms with Gasteiger partial charge in [0.15, 0.2) is 0 Å². The summed E-state index contributed by atoms with van der Waals surface area (Å²) in [5.41, 5.74) is 1.73. The zero-order chi connectivity index (χ0) is 19.3. The van der Waals surface area contributed by atoms with Crippen molar-refractivity contribution >= 4 is 23.8 Å². The van der Waals surface area contributed by atoms with Gasteiger partial charge in [0.25, 0.3) is 0 Å². The molecule has 5 heteroatoms. The minimum absolute atomic E-state index is 0. The highest BCUT2D eigenvalue weighted by atomic mass is 35.5. The molecule has 0 radical (unpaired) electrons. The number of nitrogens with one attached hydrogen (secondary N) is 2. The van der Waals surface area contributed by atoms with E-state index in [2.05, 4.69) is 28.8 Å². The molecule has 1 atom stereocenters. The number of rotatable bonds is 7. The van der Waals surface area contributed by atoms with E-state index < -0.39 is 5.41 Å². The molecule has 1 unspecified atom stereocenters. The lowest BCUT2D eigenvalue weighted by Crippen LogP contribution is -2.48. The lowest BCUT2D eigenvalue weighted by atomic mass is 9.72. The second-order valence-electron chi connectivity index (χ2n) is 7.83. The highest BCUT2D eigenvalue weighted by Crippen LogP contribution is 2.42. The molecule has 3 rings (SSSR count). The van der Waals surface area contributed by atoms with Crippen LogP contribution in [-0.4, -0.2) is 38.6 Å². The molecule has 28 heavy (non-hydrogen) atoms. The molecule has 2 N–H and O–H groups in total. The van der Waals surface area contributed by atoms with Crippen molar-refractivity contribution in [1.82, 2.24) is 10.6 Å². The van der Waals surface area contributed by atoms with Gasteiger partial charge in [0, 0.05) is 18.6 Å². The van der Waals surface area contributed by atoms with E-state index in [0.717, 1.165) is 18.6 Å². The zero-order valence-electron chi connectivity index (χ0n) is 17.2. The first kappa shape index (κ1) is 22.7. The van der Waals surface area contributed by atoms with Crippen LogP contribution in [0.25, 0.3) is 5.57 Å². The molecule has 0 saturated heterocycles. The Morgan fingerprint density at radius 1 is 1.11 bits per heavy atom. The van der Waals surface area contributed by atoms with Crippen LogP contribution in [0.1, 0.15) is 44.6 Å². The van der Waals surface area contributed by atoms with Crippen molar-refractivity contribution in [2.45, 2.75) is 51.1 Å². The van der Waals surface area contributed by atoms with Crippen LogP contribution in [0.4, 0.5) is 0 Å². The summed E-state index contributed by atoms with van der Waals surface area (Å²) in [5, 5.41) is 7.08. The molecule has 1 aromatic rings. The zero-order valence-corrected chi connectivity index (χ0v) is 18.0. The van der Waals surface area contributed by atoms with E-state index in [4.69, 9.17) is 4.74 Å². The molecule has 0 bridgehead atoms. The first-order valence-electron chi connectivity index (χ1n) is 10.0.